The molecule has 1 aromatic carbocycles. The molecule has 48 heavy (non-hydrogen) atoms. The third kappa shape index (κ3) is 10.5. The van der Waals surface area contributed by atoms with Crippen LogP contribution < -0.4 is 26.6 Å². The lowest BCUT2D eigenvalue weighted by atomic mass is 9.98. The van der Waals surface area contributed by atoms with Crippen molar-refractivity contribution in [2.75, 3.05) is 0 Å². The summed E-state index contributed by atoms with van der Waals surface area (Å²) in [4.78, 5) is 85.1. The molecule has 0 radical (unpaired) electrons. The van der Waals surface area contributed by atoms with Gasteiger partial charge in [-0.05, 0) is 56.6 Å². The fourth-order valence-electron chi connectivity index (χ4n) is 5.56. The number of aromatic amines is 1. The van der Waals surface area contributed by atoms with Gasteiger partial charge < -0.3 is 36.3 Å². The number of rotatable bonds is 8. The van der Waals surface area contributed by atoms with Gasteiger partial charge in [0.05, 0.1) is 6.42 Å². The van der Waals surface area contributed by atoms with Crippen molar-refractivity contribution in [3.63, 3.8) is 0 Å². The number of hydrogen-bond donors (Lipinski definition) is 6. The summed E-state index contributed by atoms with van der Waals surface area (Å²) in [6.07, 6.45) is 1.51. The molecule has 5 amide bonds. The van der Waals surface area contributed by atoms with Gasteiger partial charge in [0.1, 0.15) is 35.8 Å². The minimum Gasteiger partial charge on any atom is -0.460 e. The lowest BCUT2D eigenvalue weighted by Gasteiger charge is -2.29. The van der Waals surface area contributed by atoms with Gasteiger partial charge in [0.15, 0.2) is 0 Å². The quantitative estimate of drug-likeness (QED) is 0.233. The molecule has 0 aliphatic carbocycles. The van der Waals surface area contributed by atoms with Crippen LogP contribution in [0.4, 0.5) is 0 Å². The number of carbonyl (C=O) groups is 6. The minimum atomic E-state index is -1.44. The van der Waals surface area contributed by atoms with E-state index in [1.165, 1.54) is 0 Å². The lowest BCUT2D eigenvalue weighted by molar-refractivity contribution is -0.156. The van der Waals surface area contributed by atoms with Gasteiger partial charge in [0, 0.05) is 23.5 Å². The van der Waals surface area contributed by atoms with E-state index in [1.54, 1.807) is 54.7 Å². The smallest absolute Gasteiger partial charge is 0.308 e. The molecule has 0 unspecified atom stereocenters. The van der Waals surface area contributed by atoms with Crippen LogP contribution in [0.2, 0.25) is 0 Å². The monoisotopic (exact) mass is 668 g/mol. The van der Waals surface area contributed by atoms with Crippen molar-refractivity contribution in [3.05, 3.63) is 36.0 Å². The summed E-state index contributed by atoms with van der Waals surface area (Å²) < 4.78 is 5.46. The SMILES string of the molecule is CC(C)C[C@@H]1NC(=O)[C@@H](C(C)C)NC(=O)[C@H](C(C)C)NC(=O)[C@@H](CC(=O)OC(C)(C)C)NC(=O)[C@@H](Cc2c[nH]c3ccccc23)NC1=O. The van der Waals surface area contributed by atoms with Crippen LogP contribution in [0.25, 0.3) is 10.9 Å². The standard InChI is InChI=1S/C35H52N6O7/c1-18(2)14-24-30(43)37-25(15-21-17-36-23-13-11-10-12-22(21)23)31(44)38-26(16-27(42)48-35(7,8)9)32(45)40-29(20(5)6)34(47)41-28(19(3)4)33(46)39-24/h10-13,17-20,24-26,28-29,36H,14-16H2,1-9H3,(H,37,43)(H,38,44)(H,39,46)(H,40,45)(H,41,47)/t24-,25+,26+,28+,29-/m0/s1. The van der Waals surface area contributed by atoms with Crippen LogP contribution in [0.3, 0.4) is 0 Å². The van der Waals surface area contributed by atoms with Crippen LogP contribution in [0, 0.1) is 17.8 Å². The van der Waals surface area contributed by atoms with Gasteiger partial charge in [-0.1, -0.05) is 59.7 Å². The van der Waals surface area contributed by atoms with Crippen LogP contribution >= 0.6 is 0 Å². The van der Waals surface area contributed by atoms with E-state index in [4.69, 9.17) is 4.74 Å². The Morgan fingerprint density at radius 2 is 1.21 bits per heavy atom. The Morgan fingerprint density at radius 3 is 1.79 bits per heavy atom. The van der Waals surface area contributed by atoms with Crippen LogP contribution in [-0.4, -0.2) is 76.3 Å². The Kier molecular flexibility index (Phi) is 12.8. The van der Waals surface area contributed by atoms with Crippen LogP contribution in [0.15, 0.2) is 30.5 Å². The zero-order valence-corrected chi connectivity index (χ0v) is 29.5. The number of amides is 5. The van der Waals surface area contributed by atoms with E-state index < -0.39 is 83.7 Å². The normalized spacial score (nSPS) is 23.6. The lowest BCUT2D eigenvalue weighted by Crippen LogP contribution is -2.60. The highest BCUT2D eigenvalue weighted by atomic mass is 16.6. The maximum Gasteiger partial charge on any atom is 0.308 e. The number of ether oxygens (including phenoxy) is 1. The summed E-state index contributed by atoms with van der Waals surface area (Å²) >= 11 is 0. The van der Waals surface area contributed by atoms with Gasteiger partial charge in [0.25, 0.3) is 0 Å². The summed E-state index contributed by atoms with van der Waals surface area (Å²) in [5.41, 5.74) is 0.705. The number of nitrogens with one attached hydrogen (secondary N) is 6. The molecule has 264 valence electrons. The number of benzene rings is 1. The summed E-state index contributed by atoms with van der Waals surface area (Å²) in [5.74, 6) is -4.86. The second-order valence-corrected chi connectivity index (χ2v) is 14.6. The highest BCUT2D eigenvalue weighted by Gasteiger charge is 2.37. The van der Waals surface area contributed by atoms with Gasteiger partial charge in [0.2, 0.25) is 29.5 Å². The number of H-pyrrole nitrogens is 1. The third-order valence-electron chi connectivity index (χ3n) is 7.99. The Bertz CT molecular complexity index is 1490. The highest BCUT2D eigenvalue weighted by molar-refractivity contribution is 5.99. The molecule has 0 spiro atoms. The van der Waals surface area contributed by atoms with E-state index in [1.807, 2.05) is 38.1 Å². The zero-order chi connectivity index (χ0) is 35.9. The van der Waals surface area contributed by atoms with Crippen LogP contribution in [0.5, 0.6) is 0 Å². The summed E-state index contributed by atoms with van der Waals surface area (Å²) in [6.45, 7) is 15.8. The molecule has 1 aromatic heterocycles. The largest absolute Gasteiger partial charge is 0.460 e. The molecule has 13 nitrogen and oxygen atoms in total. The maximum atomic E-state index is 14.1. The second-order valence-electron chi connectivity index (χ2n) is 14.6. The van der Waals surface area contributed by atoms with Crippen LogP contribution in [-0.2, 0) is 39.9 Å². The van der Waals surface area contributed by atoms with E-state index in [0.29, 0.717) is 0 Å². The molecule has 6 N–H and O–H groups in total. The average molecular weight is 669 g/mol. The number of carbonyl (C=O) groups excluding carboxylic acids is 6. The number of para-hydroxylation sites is 1. The first-order valence-electron chi connectivity index (χ1n) is 16.6. The molecule has 0 saturated carbocycles. The molecule has 1 aliphatic heterocycles. The molecular weight excluding hydrogens is 616 g/mol. The molecule has 1 aliphatic rings. The fourth-order valence-corrected chi connectivity index (χ4v) is 5.56. The predicted octanol–water partition coefficient (Wildman–Crippen LogP) is 2.24. The van der Waals surface area contributed by atoms with Crippen molar-refractivity contribution in [1.29, 1.82) is 0 Å². The first-order valence-corrected chi connectivity index (χ1v) is 16.6. The molecule has 3 rings (SSSR count). The summed E-state index contributed by atoms with van der Waals surface area (Å²) in [7, 11) is 0. The molecule has 1 saturated heterocycles. The predicted molar refractivity (Wildman–Crippen MR) is 181 cm³/mol. The Morgan fingerprint density at radius 1 is 0.708 bits per heavy atom. The summed E-state index contributed by atoms with van der Waals surface area (Å²) in [5, 5.41) is 14.5. The Hall–Kier alpha value is -4.42. The highest BCUT2D eigenvalue weighted by Crippen LogP contribution is 2.20. The molecule has 2 heterocycles. The third-order valence-corrected chi connectivity index (χ3v) is 7.99. The van der Waals surface area contributed by atoms with Gasteiger partial charge >= 0.3 is 5.97 Å². The average Bonchev–Trinajstić information content (AvgIpc) is 3.37. The van der Waals surface area contributed by atoms with Gasteiger partial charge in [-0.3, -0.25) is 28.8 Å². The number of hydrogen-bond acceptors (Lipinski definition) is 7. The first-order chi connectivity index (χ1) is 22.4. The maximum absolute atomic E-state index is 14.1. The van der Waals surface area contributed by atoms with Crippen LogP contribution in [0.1, 0.15) is 80.7 Å². The van der Waals surface area contributed by atoms with E-state index in [2.05, 4.69) is 31.6 Å². The van der Waals surface area contributed by atoms with E-state index in [-0.39, 0.29) is 24.7 Å². The molecular formula is C35H52N6O7. The fraction of sp³-hybridized carbons (Fsp3) is 0.600. The number of esters is 1. The van der Waals surface area contributed by atoms with E-state index in [9.17, 15) is 28.8 Å². The summed E-state index contributed by atoms with van der Waals surface area (Å²) in [6, 6.07) is 1.68. The Balaban J connectivity index is 2.12. The molecule has 13 heteroatoms. The van der Waals surface area contributed by atoms with Crippen molar-refractivity contribution < 1.29 is 33.5 Å². The molecule has 1 fully saturated rings. The Labute approximate surface area is 282 Å². The van der Waals surface area contributed by atoms with Gasteiger partial charge in [-0.15, -0.1) is 0 Å². The molecule has 5 atom stereocenters. The van der Waals surface area contributed by atoms with Crippen molar-refractivity contribution in [2.24, 2.45) is 17.8 Å². The molecule has 0 bridgehead atoms. The topological polar surface area (TPSA) is 188 Å². The zero-order valence-electron chi connectivity index (χ0n) is 29.5. The molecule has 2 aromatic rings. The van der Waals surface area contributed by atoms with Crippen molar-refractivity contribution in [1.82, 2.24) is 31.6 Å². The van der Waals surface area contributed by atoms with Crippen molar-refractivity contribution >= 4 is 46.4 Å². The second kappa shape index (κ2) is 16.1. The van der Waals surface area contributed by atoms with Crippen molar-refractivity contribution in [3.8, 4) is 0 Å². The number of fused-ring (bicyclic) bond motifs is 1. The van der Waals surface area contributed by atoms with Gasteiger partial charge in [-0.2, -0.15) is 0 Å². The van der Waals surface area contributed by atoms with Gasteiger partial charge in [-0.25, -0.2) is 0 Å². The number of aromatic nitrogens is 1. The minimum absolute atomic E-state index is 0.0125. The first kappa shape index (κ1) is 38.0. The van der Waals surface area contributed by atoms with Crippen molar-refractivity contribution in [2.45, 2.75) is 117 Å². The van der Waals surface area contributed by atoms with E-state index >= 15 is 0 Å². The van der Waals surface area contributed by atoms with E-state index in [0.717, 1.165) is 16.5 Å².